The maximum absolute atomic E-state index is 13.8. The van der Waals surface area contributed by atoms with Crippen LogP contribution in [0, 0.1) is 11.3 Å². The van der Waals surface area contributed by atoms with Crippen LogP contribution in [0.5, 0.6) is 0 Å². The standard InChI is InChI=1S/C30H35Cl2N3O3/c1-29(2,3)23-9-12-30(13-10-23)34-26(22-17-24(31)19-25(32)18-22)28(38)35(30)15-11-20-5-7-21(8-6-20)27(37)33-14-4-16-36/h5-8,16-19,23H,4,9-15H2,1-3H3,(H,33,37). The van der Waals surface area contributed by atoms with Crippen LogP contribution in [0.4, 0.5) is 0 Å². The molecule has 0 saturated heterocycles. The average molecular weight is 557 g/mol. The number of carbonyl (C=O) groups excluding carboxylic acids is 3. The molecule has 0 radical (unpaired) electrons. The minimum Gasteiger partial charge on any atom is -0.352 e. The summed E-state index contributed by atoms with van der Waals surface area (Å²) in [5.41, 5.74) is 2.28. The average Bonchev–Trinajstić information content (AvgIpc) is 3.13. The lowest BCUT2D eigenvalue weighted by molar-refractivity contribution is -0.129. The zero-order chi connectivity index (χ0) is 27.5. The summed E-state index contributed by atoms with van der Waals surface area (Å²) in [5.74, 6) is 0.278. The fraction of sp³-hybridized carbons (Fsp3) is 0.467. The number of aliphatic imine (C=N–C) groups is 1. The largest absolute Gasteiger partial charge is 0.352 e. The van der Waals surface area contributed by atoms with Crippen molar-refractivity contribution in [2.45, 2.75) is 65.0 Å². The first kappa shape index (κ1) is 28.3. The molecule has 0 aromatic heterocycles. The molecule has 0 atom stereocenters. The second kappa shape index (κ2) is 11.6. The number of carbonyl (C=O) groups is 3. The molecule has 1 saturated carbocycles. The van der Waals surface area contributed by atoms with Crippen LogP contribution in [0.15, 0.2) is 47.5 Å². The Hall–Kier alpha value is -2.70. The van der Waals surface area contributed by atoms with E-state index >= 15 is 0 Å². The van der Waals surface area contributed by atoms with Crippen LogP contribution in [0.3, 0.4) is 0 Å². The van der Waals surface area contributed by atoms with E-state index in [0.29, 0.717) is 52.3 Å². The number of rotatable bonds is 8. The Bertz CT molecular complexity index is 1210. The van der Waals surface area contributed by atoms with E-state index in [1.807, 2.05) is 17.0 Å². The third-order valence-electron chi connectivity index (χ3n) is 7.81. The van der Waals surface area contributed by atoms with Crippen LogP contribution in [0.2, 0.25) is 10.0 Å². The molecule has 1 aliphatic carbocycles. The SMILES string of the molecule is CC(C)(C)C1CCC2(CC1)N=C(c1cc(Cl)cc(Cl)c1)C(=O)N2CCc1ccc(C(=O)NCCC=O)cc1. The maximum Gasteiger partial charge on any atom is 0.274 e. The van der Waals surface area contributed by atoms with Crippen molar-refractivity contribution in [3.8, 4) is 0 Å². The van der Waals surface area contributed by atoms with Gasteiger partial charge in [0.25, 0.3) is 11.8 Å². The van der Waals surface area contributed by atoms with Crippen molar-refractivity contribution >= 4 is 47.0 Å². The molecule has 0 bridgehead atoms. The third-order valence-corrected chi connectivity index (χ3v) is 8.24. The number of amides is 2. The number of aldehydes is 1. The number of nitrogens with one attached hydrogen (secondary N) is 1. The highest BCUT2D eigenvalue weighted by atomic mass is 35.5. The van der Waals surface area contributed by atoms with E-state index in [4.69, 9.17) is 28.2 Å². The lowest BCUT2D eigenvalue weighted by atomic mass is 9.69. The summed E-state index contributed by atoms with van der Waals surface area (Å²) in [6.07, 6.45) is 5.36. The molecular weight excluding hydrogens is 521 g/mol. The Morgan fingerprint density at radius 2 is 1.74 bits per heavy atom. The van der Waals surface area contributed by atoms with Gasteiger partial charge in [0.05, 0.1) is 0 Å². The normalized spacial score (nSPS) is 21.5. The lowest BCUT2D eigenvalue weighted by Gasteiger charge is -2.45. The van der Waals surface area contributed by atoms with Gasteiger partial charge < -0.3 is 15.0 Å². The predicted molar refractivity (Wildman–Crippen MR) is 152 cm³/mol. The van der Waals surface area contributed by atoms with Gasteiger partial charge in [0, 0.05) is 40.7 Å². The highest BCUT2D eigenvalue weighted by Crippen LogP contribution is 2.46. The molecular formula is C30H35Cl2N3O3. The third kappa shape index (κ3) is 6.29. The van der Waals surface area contributed by atoms with Gasteiger partial charge in [-0.15, -0.1) is 0 Å². The van der Waals surface area contributed by atoms with E-state index in [1.54, 1.807) is 30.3 Å². The van der Waals surface area contributed by atoms with E-state index in [-0.39, 0.29) is 23.7 Å². The van der Waals surface area contributed by atoms with Gasteiger partial charge in [-0.3, -0.25) is 14.6 Å². The van der Waals surface area contributed by atoms with Crippen molar-refractivity contribution in [2.24, 2.45) is 16.3 Å². The number of hydrogen-bond donors (Lipinski definition) is 1. The van der Waals surface area contributed by atoms with Gasteiger partial charge in [-0.05, 0) is 79.3 Å². The van der Waals surface area contributed by atoms with Crippen molar-refractivity contribution in [3.05, 3.63) is 69.2 Å². The predicted octanol–water partition coefficient (Wildman–Crippen LogP) is 6.12. The molecule has 202 valence electrons. The molecule has 1 fully saturated rings. The van der Waals surface area contributed by atoms with E-state index in [2.05, 4.69) is 26.1 Å². The molecule has 2 aromatic carbocycles. The minimum atomic E-state index is -0.568. The minimum absolute atomic E-state index is 0.0938. The summed E-state index contributed by atoms with van der Waals surface area (Å²) >= 11 is 12.5. The number of nitrogens with zero attached hydrogens (tertiary/aromatic N) is 2. The van der Waals surface area contributed by atoms with Gasteiger partial charge >= 0.3 is 0 Å². The lowest BCUT2D eigenvalue weighted by Crippen LogP contribution is -2.50. The highest BCUT2D eigenvalue weighted by molar-refractivity contribution is 6.47. The summed E-state index contributed by atoms with van der Waals surface area (Å²) in [7, 11) is 0. The molecule has 38 heavy (non-hydrogen) atoms. The zero-order valence-electron chi connectivity index (χ0n) is 22.2. The second-order valence-corrected chi connectivity index (χ2v) is 12.2. The van der Waals surface area contributed by atoms with Gasteiger partial charge in [0.15, 0.2) is 0 Å². The first-order valence-corrected chi connectivity index (χ1v) is 14.0. The van der Waals surface area contributed by atoms with Crippen molar-refractivity contribution in [1.82, 2.24) is 10.2 Å². The number of hydrogen-bond acceptors (Lipinski definition) is 4. The van der Waals surface area contributed by atoms with Crippen LogP contribution >= 0.6 is 23.2 Å². The van der Waals surface area contributed by atoms with E-state index in [0.717, 1.165) is 37.5 Å². The summed E-state index contributed by atoms with van der Waals surface area (Å²) in [6, 6.07) is 12.5. The molecule has 4 rings (SSSR count). The molecule has 1 N–H and O–H groups in total. The topological polar surface area (TPSA) is 78.8 Å². The first-order chi connectivity index (χ1) is 18.0. The van der Waals surface area contributed by atoms with E-state index in [9.17, 15) is 14.4 Å². The van der Waals surface area contributed by atoms with Gasteiger partial charge in [-0.1, -0.05) is 56.1 Å². The molecule has 2 aliphatic rings. The van der Waals surface area contributed by atoms with Crippen molar-refractivity contribution in [2.75, 3.05) is 13.1 Å². The summed E-state index contributed by atoms with van der Waals surface area (Å²) in [5, 5.41) is 3.67. The first-order valence-electron chi connectivity index (χ1n) is 13.2. The fourth-order valence-corrected chi connectivity index (χ4v) is 6.09. The van der Waals surface area contributed by atoms with Gasteiger partial charge in [0.2, 0.25) is 0 Å². The molecule has 2 aromatic rings. The fourth-order valence-electron chi connectivity index (χ4n) is 5.56. The van der Waals surface area contributed by atoms with Crippen LogP contribution in [-0.4, -0.2) is 47.5 Å². The molecule has 6 nitrogen and oxygen atoms in total. The van der Waals surface area contributed by atoms with Crippen LogP contribution in [0.25, 0.3) is 0 Å². The summed E-state index contributed by atoms with van der Waals surface area (Å²) in [4.78, 5) is 43.6. The maximum atomic E-state index is 13.8. The molecule has 0 unspecified atom stereocenters. The molecule has 1 heterocycles. The van der Waals surface area contributed by atoms with Crippen LogP contribution < -0.4 is 5.32 Å². The van der Waals surface area contributed by atoms with Gasteiger partial charge in [0.1, 0.15) is 17.7 Å². The molecule has 2 amide bonds. The number of halogens is 2. The quantitative estimate of drug-likeness (QED) is 0.314. The van der Waals surface area contributed by atoms with Gasteiger partial charge in [-0.2, -0.15) is 0 Å². The Morgan fingerprint density at radius 1 is 1.11 bits per heavy atom. The monoisotopic (exact) mass is 555 g/mol. The Balaban J connectivity index is 1.53. The second-order valence-electron chi connectivity index (χ2n) is 11.4. The van der Waals surface area contributed by atoms with Crippen molar-refractivity contribution in [1.29, 1.82) is 0 Å². The van der Waals surface area contributed by atoms with E-state index < -0.39 is 5.66 Å². The van der Waals surface area contributed by atoms with Gasteiger partial charge in [-0.25, -0.2) is 0 Å². The zero-order valence-corrected chi connectivity index (χ0v) is 23.7. The van der Waals surface area contributed by atoms with Crippen LogP contribution in [0.1, 0.15) is 74.4 Å². The Labute approximate surface area is 234 Å². The Kier molecular flexibility index (Phi) is 8.63. The molecule has 8 heteroatoms. The summed E-state index contributed by atoms with van der Waals surface area (Å²) in [6.45, 7) is 7.68. The van der Waals surface area contributed by atoms with Crippen molar-refractivity contribution < 1.29 is 14.4 Å². The molecule has 1 spiro atoms. The van der Waals surface area contributed by atoms with E-state index in [1.165, 1.54) is 0 Å². The van der Waals surface area contributed by atoms with Crippen molar-refractivity contribution in [3.63, 3.8) is 0 Å². The Morgan fingerprint density at radius 3 is 2.32 bits per heavy atom. The highest BCUT2D eigenvalue weighted by Gasteiger charge is 2.49. The smallest absolute Gasteiger partial charge is 0.274 e. The number of benzene rings is 2. The molecule has 1 aliphatic heterocycles. The summed E-state index contributed by atoms with van der Waals surface area (Å²) < 4.78 is 0. The van der Waals surface area contributed by atoms with Crippen LogP contribution in [-0.2, 0) is 16.0 Å².